The molecule has 0 aliphatic carbocycles. The summed E-state index contributed by atoms with van der Waals surface area (Å²) in [7, 11) is 1.88. The maximum atomic E-state index is 12.7. The molecule has 1 N–H and O–H groups in total. The molecule has 6 nitrogen and oxygen atoms in total. The fourth-order valence-electron chi connectivity index (χ4n) is 3.91. The molecule has 2 aliphatic rings. The Morgan fingerprint density at radius 2 is 2.12 bits per heavy atom. The van der Waals surface area contributed by atoms with E-state index in [-0.39, 0.29) is 5.78 Å². The Bertz CT molecular complexity index is 741. The number of ketones is 1. The first kappa shape index (κ1) is 15.6. The number of rotatable bonds is 4. The summed E-state index contributed by atoms with van der Waals surface area (Å²) in [6.07, 6.45) is 5.31. The predicted octanol–water partition coefficient (Wildman–Crippen LogP) is 2.14. The normalized spacial score (nSPS) is 21.5. The van der Waals surface area contributed by atoms with Gasteiger partial charge in [0.1, 0.15) is 11.5 Å². The van der Waals surface area contributed by atoms with Crippen molar-refractivity contribution in [2.45, 2.75) is 32.1 Å². The molecule has 1 atom stereocenters. The van der Waals surface area contributed by atoms with E-state index in [1.165, 1.54) is 12.8 Å². The summed E-state index contributed by atoms with van der Waals surface area (Å²) in [4.78, 5) is 19.8. The van der Waals surface area contributed by atoms with Gasteiger partial charge in [0.15, 0.2) is 11.4 Å². The number of hydrogen-bond acceptors (Lipinski definition) is 5. The van der Waals surface area contributed by atoms with Gasteiger partial charge < -0.3 is 10.2 Å². The fraction of sp³-hybridized carbons (Fsp3) is 0.611. The zero-order valence-corrected chi connectivity index (χ0v) is 14.3. The standard InChI is InChI=1S/C18H25N5O/c1-22-18-14(6-7-16(20-18)23-9-2-3-10-23)17(21-22)15(24)11-13-5-4-8-19-12-13/h6-7,13,19H,2-5,8-12H2,1H3. The number of piperidine rings is 1. The predicted molar refractivity (Wildman–Crippen MR) is 94.5 cm³/mol. The van der Waals surface area contributed by atoms with Crippen molar-refractivity contribution in [3.05, 3.63) is 17.8 Å². The van der Waals surface area contributed by atoms with E-state index in [0.717, 1.165) is 55.9 Å². The molecule has 4 heterocycles. The number of fused-ring (bicyclic) bond motifs is 1. The van der Waals surface area contributed by atoms with Crippen LogP contribution in [0.4, 0.5) is 5.82 Å². The first-order chi connectivity index (χ1) is 11.7. The van der Waals surface area contributed by atoms with Crippen molar-refractivity contribution in [1.82, 2.24) is 20.1 Å². The monoisotopic (exact) mass is 327 g/mol. The van der Waals surface area contributed by atoms with Crippen LogP contribution in [0.5, 0.6) is 0 Å². The molecule has 0 aromatic carbocycles. The van der Waals surface area contributed by atoms with Gasteiger partial charge in [-0.15, -0.1) is 0 Å². The van der Waals surface area contributed by atoms with Crippen LogP contribution in [-0.2, 0) is 7.05 Å². The molecule has 24 heavy (non-hydrogen) atoms. The van der Waals surface area contributed by atoms with Crippen LogP contribution in [0, 0.1) is 5.92 Å². The lowest BCUT2D eigenvalue weighted by molar-refractivity contribution is 0.0949. The molecule has 6 heteroatoms. The number of carbonyl (C=O) groups excluding carboxylic acids is 1. The highest BCUT2D eigenvalue weighted by Crippen LogP contribution is 2.25. The smallest absolute Gasteiger partial charge is 0.184 e. The summed E-state index contributed by atoms with van der Waals surface area (Å²) >= 11 is 0. The Morgan fingerprint density at radius 3 is 2.88 bits per heavy atom. The van der Waals surface area contributed by atoms with Gasteiger partial charge in [-0.1, -0.05) is 0 Å². The van der Waals surface area contributed by atoms with Crippen molar-refractivity contribution in [2.75, 3.05) is 31.1 Å². The quantitative estimate of drug-likeness (QED) is 0.872. The number of hydrogen-bond donors (Lipinski definition) is 1. The third-order valence-corrected chi connectivity index (χ3v) is 5.24. The molecule has 2 fully saturated rings. The Kier molecular flexibility index (Phi) is 4.22. The van der Waals surface area contributed by atoms with Crippen LogP contribution in [0.3, 0.4) is 0 Å². The molecule has 2 aromatic rings. The van der Waals surface area contributed by atoms with Gasteiger partial charge in [-0.05, 0) is 56.8 Å². The van der Waals surface area contributed by atoms with Gasteiger partial charge in [0, 0.05) is 26.6 Å². The lowest BCUT2D eigenvalue weighted by Crippen LogP contribution is -2.31. The van der Waals surface area contributed by atoms with Crippen molar-refractivity contribution in [3.63, 3.8) is 0 Å². The highest BCUT2D eigenvalue weighted by atomic mass is 16.1. The van der Waals surface area contributed by atoms with E-state index in [4.69, 9.17) is 4.98 Å². The molecule has 2 aromatic heterocycles. The van der Waals surface area contributed by atoms with Crippen molar-refractivity contribution in [1.29, 1.82) is 0 Å². The van der Waals surface area contributed by atoms with E-state index < -0.39 is 0 Å². The second-order valence-electron chi connectivity index (χ2n) is 7.05. The van der Waals surface area contributed by atoms with Crippen molar-refractivity contribution < 1.29 is 4.79 Å². The minimum absolute atomic E-state index is 0.144. The lowest BCUT2D eigenvalue weighted by Gasteiger charge is -2.21. The average Bonchev–Trinajstić information content (AvgIpc) is 3.24. The molecule has 2 saturated heterocycles. The van der Waals surface area contributed by atoms with Gasteiger partial charge in [-0.25, -0.2) is 9.67 Å². The summed E-state index contributed by atoms with van der Waals surface area (Å²) in [6, 6.07) is 4.06. The summed E-state index contributed by atoms with van der Waals surface area (Å²) in [5.41, 5.74) is 1.39. The molecule has 0 bridgehead atoms. The van der Waals surface area contributed by atoms with Crippen LogP contribution >= 0.6 is 0 Å². The molecule has 4 rings (SSSR count). The highest BCUT2D eigenvalue weighted by molar-refractivity contribution is 6.05. The second-order valence-corrected chi connectivity index (χ2v) is 7.05. The summed E-state index contributed by atoms with van der Waals surface area (Å²) in [5.74, 6) is 1.57. The van der Waals surface area contributed by atoms with Crippen LogP contribution in [0.15, 0.2) is 12.1 Å². The van der Waals surface area contributed by atoms with Crippen molar-refractivity contribution >= 4 is 22.6 Å². The number of Topliss-reactive ketones (excluding diaryl/α,β-unsaturated/α-hetero) is 1. The third kappa shape index (κ3) is 2.90. The Hall–Kier alpha value is -1.95. The minimum atomic E-state index is 0.144. The summed E-state index contributed by atoms with van der Waals surface area (Å²) in [6.45, 7) is 4.14. The first-order valence-corrected chi connectivity index (χ1v) is 9.05. The number of aromatic nitrogens is 3. The fourth-order valence-corrected chi connectivity index (χ4v) is 3.91. The zero-order valence-electron chi connectivity index (χ0n) is 14.3. The number of pyridine rings is 1. The van der Waals surface area contributed by atoms with Crippen LogP contribution in [0.25, 0.3) is 11.0 Å². The number of aryl methyl sites for hydroxylation is 1. The molecule has 2 aliphatic heterocycles. The zero-order chi connectivity index (χ0) is 16.5. The number of anilines is 1. The van der Waals surface area contributed by atoms with E-state index in [1.54, 1.807) is 4.68 Å². The molecule has 1 unspecified atom stereocenters. The van der Waals surface area contributed by atoms with E-state index in [9.17, 15) is 4.79 Å². The topological polar surface area (TPSA) is 63.1 Å². The van der Waals surface area contributed by atoms with E-state index in [2.05, 4.69) is 15.3 Å². The van der Waals surface area contributed by atoms with Crippen molar-refractivity contribution in [2.24, 2.45) is 13.0 Å². The number of nitrogens with zero attached hydrogens (tertiary/aromatic N) is 4. The molecule has 0 radical (unpaired) electrons. The Labute approximate surface area is 142 Å². The maximum Gasteiger partial charge on any atom is 0.184 e. The van der Waals surface area contributed by atoms with Crippen molar-refractivity contribution in [3.8, 4) is 0 Å². The summed E-state index contributed by atoms with van der Waals surface area (Å²) < 4.78 is 1.75. The highest BCUT2D eigenvalue weighted by Gasteiger charge is 2.23. The van der Waals surface area contributed by atoms with Gasteiger partial charge in [0.25, 0.3) is 0 Å². The average molecular weight is 327 g/mol. The van der Waals surface area contributed by atoms with Crippen LogP contribution in [0.2, 0.25) is 0 Å². The Morgan fingerprint density at radius 1 is 1.29 bits per heavy atom. The van der Waals surface area contributed by atoms with Gasteiger partial charge in [0.2, 0.25) is 0 Å². The van der Waals surface area contributed by atoms with Crippen LogP contribution < -0.4 is 10.2 Å². The summed E-state index contributed by atoms with van der Waals surface area (Å²) in [5, 5.41) is 8.75. The van der Waals surface area contributed by atoms with Gasteiger partial charge in [-0.2, -0.15) is 5.10 Å². The maximum absolute atomic E-state index is 12.7. The third-order valence-electron chi connectivity index (χ3n) is 5.24. The second kappa shape index (κ2) is 6.51. The largest absolute Gasteiger partial charge is 0.357 e. The van der Waals surface area contributed by atoms with Gasteiger partial charge in [-0.3, -0.25) is 4.79 Å². The molecule has 128 valence electrons. The molecular formula is C18H25N5O. The molecule has 0 spiro atoms. The minimum Gasteiger partial charge on any atom is -0.357 e. The number of carbonyl (C=O) groups is 1. The van der Waals surface area contributed by atoms with Gasteiger partial charge in [0.05, 0.1) is 5.39 Å². The van der Waals surface area contributed by atoms with Crippen LogP contribution in [0.1, 0.15) is 42.6 Å². The van der Waals surface area contributed by atoms with E-state index in [1.807, 2.05) is 19.2 Å². The SMILES string of the molecule is Cn1nc(C(=O)CC2CCCNC2)c2ccc(N3CCCC3)nc21. The number of nitrogens with one attached hydrogen (secondary N) is 1. The first-order valence-electron chi connectivity index (χ1n) is 9.05. The van der Waals surface area contributed by atoms with E-state index in [0.29, 0.717) is 18.0 Å². The van der Waals surface area contributed by atoms with E-state index >= 15 is 0 Å². The molecular weight excluding hydrogens is 302 g/mol. The Balaban J connectivity index is 1.60. The lowest BCUT2D eigenvalue weighted by atomic mass is 9.93. The van der Waals surface area contributed by atoms with Crippen LogP contribution in [-0.4, -0.2) is 46.7 Å². The molecule has 0 saturated carbocycles. The molecule has 0 amide bonds. The van der Waals surface area contributed by atoms with Gasteiger partial charge >= 0.3 is 0 Å².